The average molecular weight is 547 g/mol. The molecule has 136 valence electrons. The average Bonchev–Trinajstić information content (AvgIpc) is 3.09. The van der Waals surface area contributed by atoms with Crippen molar-refractivity contribution >= 4 is 73.1 Å². The fraction of sp³-hybridized carbons (Fsp3) is 0.222. The lowest BCUT2D eigenvalue weighted by molar-refractivity contribution is -0.122. The van der Waals surface area contributed by atoms with Gasteiger partial charge in [0.2, 0.25) is 0 Å². The van der Waals surface area contributed by atoms with Gasteiger partial charge in [0.05, 0.1) is 21.7 Å². The molecule has 1 aliphatic heterocycles. The number of halogens is 2. The van der Waals surface area contributed by atoms with Crippen molar-refractivity contribution in [2.45, 2.75) is 13.8 Å². The highest BCUT2D eigenvalue weighted by Crippen LogP contribution is 2.35. The van der Waals surface area contributed by atoms with Crippen molar-refractivity contribution in [2.24, 2.45) is 4.99 Å². The van der Waals surface area contributed by atoms with Crippen molar-refractivity contribution in [1.29, 1.82) is 0 Å². The van der Waals surface area contributed by atoms with Crippen LogP contribution in [-0.2, 0) is 4.79 Å². The van der Waals surface area contributed by atoms with Crippen molar-refractivity contribution in [3.8, 4) is 5.75 Å². The standard InChI is InChI=1S/C18H16BrIN2O3S/c1-3-22-17(23)15(10-13-9-14(19)16(20)25-13)26-18(22)21-11-5-7-12(8-6-11)24-4-2/h5-10H,3-4H2,1-2H3/b15-10-,21-18?. The molecule has 0 atom stereocenters. The van der Waals surface area contributed by atoms with Gasteiger partial charge in [0, 0.05) is 35.2 Å². The van der Waals surface area contributed by atoms with Gasteiger partial charge in [-0.2, -0.15) is 0 Å². The van der Waals surface area contributed by atoms with Crippen LogP contribution in [0.1, 0.15) is 19.6 Å². The molecule has 3 rings (SSSR count). The van der Waals surface area contributed by atoms with Crippen LogP contribution in [0.2, 0.25) is 0 Å². The van der Waals surface area contributed by atoms with Gasteiger partial charge in [-0.3, -0.25) is 9.69 Å². The molecule has 1 fully saturated rings. The highest BCUT2D eigenvalue weighted by molar-refractivity contribution is 14.1. The zero-order valence-corrected chi connectivity index (χ0v) is 18.7. The number of thioether (sulfide) groups is 1. The molecule has 0 spiro atoms. The van der Waals surface area contributed by atoms with Gasteiger partial charge in [-0.1, -0.05) is 0 Å². The van der Waals surface area contributed by atoms with E-state index in [1.54, 1.807) is 11.0 Å². The second kappa shape index (κ2) is 8.62. The summed E-state index contributed by atoms with van der Waals surface area (Å²) in [5, 5.41) is 0.660. The van der Waals surface area contributed by atoms with E-state index in [2.05, 4.69) is 43.5 Å². The van der Waals surface area contributed by atoms with Crippen LogP contribution in [0.15, 0.2) is 49.1 Å². The first-order chi connectivity index (χ1) is 12.5. The van der Waals surface area contributed by atoms with Crippen LogP contribution >= 0.6 is 50.3 Å². The Morgan fingerprint density at radius 3 is 2.65 bits per heavy atom. The third-order valence-corrected chi connectivity index (χ3v) is 6.65. The molecule has 5 nitrogen and oxygen atoms in total. The normalized spacial score (nSPS) is 17.5. The zero-order valence-electron chi connectivity index (χ0n) is 14.2. The summed E-state index contributed by atoms with van der Waals surface area (Å²) in [6, 6.07) is 9.36. The van der Waals surface area contributed by atoms with E-state index in [1.165, 1.54) is 11.8 Å². The predicted octanol–water partition coefficient (Wildman–Crippen LogP) is 5.67. The van der Waals surface area contributed by atoms with Crippen LogP contribution in [0.5, 0.6) is 5.75 Å². The minimum atomic E-state index is -0.0651. The van der Waals surface area contributed by atoms with Gasteiger partial charge in [-0.25, -0.2) is 4.99 Å². The van der Waals surface area contributed by atoms with E-state index in [-0.39, 0.29) is 5.91 Å². The Morgan fingerprint density at radius 2 is 2.08 bits per heavy atom. The quantitative estimate of drug-likeness (QED) is 0.358. The lowest BCUT2D eigenvalue weighted by Gasteiger charge is -2.12. The smallest absolute Gasteiger partial charge is 0.266 e. The van der Waals surface area contributed by atoms with Gasteiger partial charge < -0.3 is 9.15 Å². The summed E-state index contributed by atoms with van der Waals surface area (Å²) in [7, 11) is 0. The molecule has 0 radical (unpaired) electrons. The number of furan rings is 1. The summed E-state index contributed by atoms with van der Waals surface area (Å²) < 4.78 is 12.7. The number of aliphatic imine (C=N–C) groups is 1. The number of carbonyl (C=O) groups is 1. The number of benzene rings is 1. The molecule has 0 unspecified atom stereocenters. The largest absolute Gasteiger partial charge is 0.494 e. The molecule has 1 aliphatic rings. The number of rotatable bonds is 5. The lowest BCUT2D eigenvalue weighted by Crippen LogP contribution is -2.28. The Hall–Kier alpha value is -1.26. The molecule has 0 N–H and O–H groups in total. The van der Waals surface area contributed by atoms with Crippen molar-refractivity contribution in [1.82, 2.24) is 4.90 Å². The Bertz CT molecular complexity index is 858. The van der Waals surface area contributed by atoms with Crippen molar-refractivity contribution in [3.05, 3.63) is 49.2 Å². The first-order valence-electron chi connectivity index (χ1n) is 7.99. The van der Waals surface area contributed by atoms with Crippen molar-refractivity contribution in [2.75, 3.05) is 13.2 Å². The minimum Gasteiger partial charge on any atom is -0.494 e. The van der Waals surface area contributed by atoms with Crippen LogP contribution in [0, 0.1) is 3.77 Å². The number of nitrogens with zero attached hydrogens (tertiary/aromatic N) is 2. The molecule has 0 bridgehead atoms. The van der Waals surface area contributed by atoms with Gasteiger partial charge in [0.25, 0.3) is 5.91 Å². The molecule has 8 heteroatoms. The van der Waals surface area contributed by atoms with Crippen LogP contribution in [0.25, 0.3) is 6.08 Å². The number of ether oxygens (including phenoxy) is 1. The molecular weight excluding hydrogens is 531 g/mol. The maximum absolute atomic E-state index is 12.7. The fourth-order valence-electron chi connectivity index (χ4n) is 2.33. The third kappa shape index (κ3) is 4.34. The summed E-state index contributed by atoms with van der Waals surface area (Å²) >= 11 is 6.86. The third-order valence-electron chi connectivity index (χ3n) is 3.51. The van der Waals surface area contributed by atoms with Crippen molar-refractivity contribution in [3.63, 3.8) is 0 Å². The topological polar surface area (TPSA) is 55.0 Å². The molecule has 2 aromatic rings. The number of likely N-dealkylation sites (N-methyl/N-ethyl adjacent to an activating group) is 1. The maximum atomic E-state index is 12.7. The Morgan fingerprint density at radius 1 is 1.35 bits per heavy atom. The van der Waals surface area contributed by atoms with E-state index in [9.17, 15) is 4.79 Å². The second-order valence-electron chi connectivity index (χ2n) is 5.25. The van der Waals surface area contributed by atoms with Crippen LogP contribution < -0.4 is 4.74 Å². The Labute approximate surface area is 178 Å². The van der Waals surface area contributed by atoms with E-state index in [1.807, 2.05) is 44.2 Å². The van der Waals surface area contributed by atoms with Crippen molar-refractivity contribution < 1.29 is 13.9 Å². The molecule has 1 aromatic heterocycles. The van der Waals surface area contributed by atoms with Gasteiger partial charge in [-0.05, 0) is 71.9 Å². The molecule has 1 saturated heterocycles. The monoisotopic (exact) mass is 546 g/mol. The Kier molecular flexibility index (Phi) is 6.46. The number of amides is 1. The molecule has 2 heterocycles. The number of amidine groups is 1. The summed E-state index contributed by atoms with van der Waals surface area (Å²) in [6.07, 6.45) is 1.75. The maximum Gasteiger partial charge on any atom is 0.266 e. The van der Waals surface area contributed by atoms with Crippen LogP contribution in [-0.4, -0.2) is 29.1 Å². The van der Waals surface area contributed by atoms with Crippen LogP contribution in [0.4, 0.5) is 5.69 Å². The Balaban J connectivity index is 1.86. The lowest BCUT2D eigenvalue weighted by atomic mass is 10.3. The van der Waals surface area contributed by atoms with E-state index in [0.29, 0.717) is 29.0 Å². The summed E-state index contributed by atoms with van der Waals surface area (Å²) in [5.41, 5.74) is 0.777. The predicted molar refractivity (Wildman–Crippen MR) is 117 cm³/mol. The number of hydrogen-bond acceptors (Lipinski definition) is 5. The fourth-order valence-corrected chi connectivity index (χ4v) is 4.09. The highest BCUT2D eigenvalue weighted by Gasteiger charge is 2.32. The molecule has 1 amide bonds. The van der Waals surface area contributed by atoms with Gasteiger partial charge >= 0.3 is 0 Å². The first kappa shape index (κ1) is 19.5. The molecule has 1 aromatic carbocycles. The van der Waals surface area contributed by atoms with Crippen LogP contribution in [0.3, 0.4) is 0 Å². The second-order valence-corrected chi connectivity index (χ2v) is 8.09. The number of hydrogen-bond donors (Lipinski definition) is 0. The highest BCUT2D eigenvalue weighted by atomic mass is 127. The molecular formula is C18H16BrIN2O3S. The molecule has 26 heavy (non-hydrogen) atoms. The van der Waals surface area contributed by atoms with E-state index < -0.39 is 0 Å². The molecule has 0 aliphatic carbocycles. The van der Waals surface area contributed by atoms with E-state index in [0.717, 1.165) is 19.7 Å². The van der Waals surface area contributed by atoms with E-state index in [4.69, 9.17) is 9.15 Å². The first-order valence-corrected chi connectivity index (χ1v) is 10.7. The summed E-state index contributed by atoms with van der Waals surface area (Å²) in [5.74, 6) is 1.37. The molecule has 0 saturated carbocycles. The zero-order chi connectivity index (χ0) is 18.7. The number of carbonyl (C=O) groups excluding carboxylic acids is 1. The van der Waals surface area contributed by atoms with Gasteiger partial charge in [0.1, 0.15) is 11.5 Å². The van der Waals surface area contributed by atoms with E-state index >= 15 is 0 Å². The minimum absolute atomic E-state index is 0.0651. The summed E-state index contributed by atoms with van der Waals surface area (Å²) in [4.78, 5) is 19.5. The van der Waals surface area contributed by atoms with Gasteiger partial charge in [-0.15, -0.1) is 0 Å². The SMILES string of the molecule is CCOc1ccc(N=C2S/C(=C\c3cc(Br)c(I)o3)C(=O)N2CC)cc1. The van der Waals surface area contributed by atoms with Gasteiger partial charge in [0.15, 0.2) is 8.93 Å². The summed E-state index contributed by atoms with van der Waals surface area (Å²) in [6.45, 7) is 5.05.